The predicted molar refractivity (Wildman–Crippen MR) is 74.9 cm³/mol. The van der Waals surface area contributed by atoms with Crippen LogP contribution in [0, 0.1) is 19.7 Å². The summed E-state index contributed by atoms with van der Waals surface area (Å²) < 4.78 is 18.6. The van der Waals surface area contributed by atoms with Gasteiger partial charge in [0.1, 0.15) is 0 Å². The molecule has 100 valence electrons. The predicted octanol–water partition coefficient (Wildman–Crippen LogP) is 3.50. The van der Waals surface area contributed by atoms with Crippen molar-refractivity contribution in [2.75, 3.05) is 7.11 Å². The summed E-state index contributed by atoms with van der Waals surface area (Å²) in [5, 5.41) is 0. The fourth-order valence-corrected chi connectivity index (χ4v) is 2.26. The van der Waals surface area contributed by atoms with Gasteiger partial charge in [-0.15, -0.1) is 0 Å². The maximum absolute atomic E-state index is 13.7. The van der Waals surface area contributed by atoms with Crippen LogP contribution in [-0.4, -0.2) is 7.11 Å². The smallest absolute Gasteiger partial charge is 0.165 e. The van der Waals surface area contributed by atoms with E-state index in [1.807, 2.05) is 26.0 Å². The Hall–Kier alpha value is -1.87. The monoisotopic (exact) mass is 259 g/mol. The topological polar surface area (TPSA) is 35.2 Å². The van der Waals surface area contributed by atoms with E-state index >= 15 is 0 Å². The van der Waals surface area contributed by atoms with Crippen molar-refractivity contribution in [3.8, 4) is 5.75 Å². The fraction of sp³-hybridized carbons (Fsp3) is 0.250. The summed E-state index contributed by atoms with van der Waals surface area (Å²) in [4.78, 5) is 0. The van der Waals surface area contributed by atoms with Gasteiger partial charge in [-0.1, -0.05) is 35.4 Å². The summed E-state index contributed by atoms with van der Waals surface area (Å²) >= 11 is 0. The van der Waals surface area contributed by atoms with Gasteiger partial charge in [0.05, 0.1) is 13.2 Å². The zero-order valence-electron chi connectivity index (χ0n) is 11.4. The molecular weight excluding hydrogens is 241 g/mol. The van der Waals surface area contributed by atoms with E-state index in [1.165, 1.54) is 13.2 Å². The Balaban J connectivity index is 2.38. The molecule has 0 heterocycles. The van der Waals surface area contributed by atoms with Gasteiger partial charge in [-0.3, -0.25) is 0 Å². The molecule has 0 aliphatic heterocycles. The summed E-state index contributed by atoms with van der Waals surface area (Å²) in [5.74, 6) is -0.156. The lowest BCUT2D eigenvalue weighted by molar-refractivity contribution is 0.386. The molecule has 0 spiro atoms. The van der Waals surface area contributed by atoms with E-state index in [1.54, 1.807) is 12.1 Å². The molecule has 2 aromatic rings. The van der Waals surface area contributed by atoms with Crippen LogP contribution in [0.15, 0.2) is 36.4 Å². The zero-order chi connectivity index (χ0) is 14.0. The number of rotatable bonds is 3. The van der Waals surface area contributed by atoms with E-state index in [9.17, 15) is 4.39 Å². The van der Waals surface area contributed by atoms with Crippen LogP contribution in [-0.2, 0) is 0 Å². The largest absolute Gasteiger partial charge is 0.494 e. The van der Waals surface area contributed by atoms with Gasteiger partial charge in [-0.25, -0.2) is 4.39 Å². The molecule has 0 aromatic heterocycles. The van der Waals surface area contributed by atoms with Gasteiger partial charge in [0.25, 0.3) is 0 Å². The fourth-order valence-electron chi connectivity index (χ4n) is 2.26. The molecule has 0 radical (unpaired) electrons. The van der Waals surface area contributed by atoms with Gasteiger partial charge in [-0.05, 0) is 37.1 Å². The van der Waals surface area contributed by atoms with Crippen molar-refractivity contribution in [2.45, 2.75) is 19.9 Å². The molecule has 0 aliphatic rings. The zero-order valence-corrected chi connectivity index (χ0v) is 11.4. The molecule has 0 saturated heterocycles. The second-order valence-corrected chi connectivity index (χ2v) is 4.79. The first kappa shape index (κ1) is 13.6. The lowest BCUT2D eigenvalue weighted by Crippen LogP contribution is -2.12. The first-order chi connectivity index (χ1) is 9.01. The Labute approximate surface area is 113 Å². The first-order valence-corrected chi connectivity index (χ1v) is 6.18. The number of hydrogen-bond donors (Lipinski definition) is 1. The highest BCUT2D eigenvalue weighted by molar-refractivity contribution is 5.39. The minimum Gasteiger partial charge on any atom is -0.494 e. The Kier molecular flexibility index (Phi) is 3.86. The highest BCUT2D eigenvalue weighted by atomic mass is 19.1. The minimum absolute atomic E-state index is 0.233. The number of methoxy groups -OCH3 is 1. The third-order valence-electron chi connectivity index (χ3n) is 3.14. The SMILES string of the molecule is COc1ccc(C(N)c2cc(C)cc(C)c2)cc1F. The average Bonchev–Trinajstić information content (AvgIpc) is 2.36. The maximum atomic E-state index is 13.7. The van der Waals surface area contributed by atoms with Gasteiger partial charge >= 0.3 is 0 Å². The molecular formula is C16H18FNO. The molecule has 2 N–H and O–H groups in total. The molecule has 0 amide bonds. The van der Waals surface area contributed by atoms with Gasteiger partial charge in [-0.2, -0.15) is 0 Å². The molecule has 2 nitrogen and oxygen atoms in total. The van der Waals surface area contributed by atoms with Crippen LogP contribution in [0.25, 0.3) is 0 Å². The van der Waals surface area contributed by atoms with Crippen LogP contribution in [0.3, 0.4) is 0 Å². The molecule has 0 aliphatic carbocycles. The van der Waals surface area contributed by atoms with Crippen LogP contribution in [0.1, 0.15) is 28.3 Å². The second kappa shape index (κ2) is 5.41. The average molecular weight is 259 g/mol. The third-order valence-corrected chi connectivity index (χ3v) is 3.14. The molecule has 2 aromatic carbocycles. The van der Waals surface area contributed by atoms with Gasteiger partial charge in [0, 0.05) is 0 Å². The number of nitrogens with two attached hydrogens (primary N) is 1. The molecule has 1 atom stereocenters. The van der Waals surface area contributed by atoms with Crippen LogP contribution in [0.4, 0.5) is 4.39 Å². The van der Waals surface area contributed by atoms with Gasteiger partial charge in [0.2, 0.25) is 0 Å². The number of ether oxygens (including phenoxy) is 1. The summed E-state index contributed by atoms with van der Waals surface area (Å²) in [5.41, 5.74) is 10.2. The molecule has 0 saturated carbocycles. The standard InChI is InChI=1S/C16H18FNO/c1-10-6-11(2)8-13(7-10)16(18)12-4-5-15(19-3)14(17)9-12/h4-9,16H,18H2,1-3H3. The lowest BCUT2D eigenvalue weighted by Gasteiger charge is -2.15. The summed E-state index contributed by atoms with van der Waals surface area (Å²) in [7, 11) is 1.45. The van der Waals surface area contributed by atoms with E-state index in [2.05, 4.69) is 6.07 Å². The molecule has 0 fully saturated rings. The summed E-state index contributed by atoms with van der Waals surface area (Å²) in [6.45, 7) is 4.05. The van der Waals surface area contributed by atoms with E-state index in [0.29, 0.717) is 0 Å². The van der Waals surface area contributed by atoms with E-state index < -0.39 is 0 Å². The van der Waals surface area contributed by atoms with Gasteiger partial charge in [0.15, 0.2) is 11.6 Å². The molecule has 2 rings (SSSR count). The molecule has 1 unspecified atom stereocenters. The number of aryl methyl sites for hydroxylation is 2. The van der Waals surface area contributed by atoms with Crippen molar-refractivity contribution in [1.29, 1.82) is 0 Å². The van der Waals surface area contributed by atoms with Crippen LogP contribution in [0.5, 0.6) is 5.75 Å². The lowest BCUT2D eigenvalue weighted by atomic mass is 9.96. The molecule has 19 heavy (non-hydrogen) atoms. The minimum atomic E-state index is -0.389. The highest BCUT2D eigenvalue weighted by Crippen LogP contribution is 2.25. The maximum Gasteiger partial charge on any atom is 0.165 e. The quantitative estimate of drug-likeness (QED) is 0.915. The normalized spacial score (nSPS) is 12.3. The van der Waals surface area contributed by atoms with E-state index in [-0.39, 0.29) is 17.6 Å². The Morgan fingerprint density at radius 1 is 1.00 bits per heavy atom. The summed E-state index contributed by atoms with van der Waals surface area (Å²) in [6, 6.07) is 10.6. The Bertz CT molecular complexity index is 575. The van der Waals surface area contributed by atoms with Crippen molar-refractivity contribution in [1.82, 2.24) is 0 Å². The van der Waals surface area contributed by atoms with Crippen LogP contribution >= 0.6 is 0 Å². The van der Waals surface area contributed by atoms with Crippen molar-refractivity contribution >= 4 is 0 Å². The number of hydrogen-bond acceptors (Lipinski definition) is 2. The number of halogens is 1. The van der Waals surface area contributed by atoms with Crippen molar-refractivity contribution in [2.24, 2.45) is 5.73 Å². The van der Waals surface area contributed by atoms with Gasteiger partial charge < -0.3 is 10.5 Å². The third kappa shape index (κ3) is 2.93. The van der Waals surface area contributed by atoms with Crippen molar-refractivity contribution < 1.29 is 9.13 Å². The molecule has 0 bridgehead atoms. The Morgan fingerprint density at radius 2 is 1.63 bits per heavy atom. The van der Waals surface area contributed by atoms with Crippen LogP contribution < -0.4 is 10.5 Å². The summed E-state index contributed by atoms with van der Waals surface area (Å²) in [6.07, 6.45) is 0. The Morgan fingerprint density at radius 3 is 2.16 bits per heavy atom. The van der Waals surface area contributed by atoms with Crippen molar-refractivity contribution in [3.05, 3.63) is 64.5 Å². The van der Waals surface area contributed by atoms with E-state index in [4.69, 9.17) is 10.5 Å². The molecule has 3 heteroatoms. The second-order valence-electron chi connectivity index (χ2n) is 4.79. The van der Waals surface area contributed by atoms with Crippen molar-refractivity contribution in [3.63, 3.8) is 0 Å². The van der Waals surface area contributed by atoms with E-state index in [0.717, 1.165) is 22.3 Å². The van der Waals surface area contributed by atoms with Crippen LogP contribution in [0.2, 0.25) is 0 Å². The number of benzene rings is 2. The highest BCUT2D eigenvalue weighted by Gasteiger charge is 2.12. The first-order valence-electron chi connectivity index (χ1n) is 6.18.